The molecule has 2 aromatic rings. The summed E-state index contributed by atoms with van der Waals surface area (Å²) in [6.45, 7) is 2.00. The molecule has 0 radical (unpaired) electrons. The molecule has 1 saturated heterocycles. The fraction of sp³-hybridized carbons (Fsp3) is 0.333. The van der Waals surface area contributed by atoms with Crippen molar-refractivity contribution in [2.24, 2.45) is 4.99 Å². The van der Waals surface area contributed by atoms with E-state index in [1.165, 1.54) is 31.0 Å². The number of piperidine rings is 1. The average Bonchev–Trinajstić information content (AvgIpc) is 2.73. The molecule has 1 N–H and O–H groups in total. The Balaban J connectivity index is 1.62. The lowest BCUT2D eigenvalue weighted by Gasteiger charge is -2.29. The molecule has 0 atom stereocenters. The SMILES string of the molecule is COc1ccc(NC(=O)CSC(=Nc2ccccc2)N2CCCCC2)cc1. The van der Waals surface area contributed by atoms with Crippen LogP contribution in [0.25, 0.3) is 0 Å². The van der Waals surface area contributed by atoms with Crippen LogP contribution in [-0.2, 0) is 4.79 Å². The highest BCUT2D eigenvalue weighted by Gasteiger charge is 2.17. The van der Waals surface area contributed by atoms with Crippen molar-refractivity contribution in [2.45, 2.75) is 19.3 Å². The summed E-state index contributed by atoms with van der Waals surface area (Å²) in [7, 11) is 1.62. The molecule has 3 rings (SSSR count). The number of aliphatic imine (C=N–C) groups is 1. The molecule has 0 bridgehead atoms. The molecule has 6 heteroatoms. The maximum atomic E-state index is 12.4. The number of thioether (sulfide) groups is 1. The van der Waals surface area contributed by atoms with E-state index in [4.69, 9.17) is 9.73 Å². The largest absolute Gasteiger partial charge is 0.497 e. The van der Waals surface area contributed by atoms with Crippen molar-refractivity contribution < 1.29 is 9.53 Å². The highest BCUT2D eigenvalue weighted by Crippen LogP contribution is 2.21. The first-order valence-electron chi connectivity index (χ1n) is 9.20. The van der Waals surface area contributed by atoms with Crippen LogP contribution in [0.4, 0.5) is 11.4 Å². The summed E-state index contributed by atoms with van der Waals surface area (Å²) >= 11 is 1.50. The number of carbonyl (C=O) groups excluding carboxylic acids is 1. The highest BCUT2D eigenvalue weighted by atomic mass is 32.2. The molecule has 0 spiro atoms. The Morgan fingerprint density at radius 3 is 2.44 bits per heavy atom. The van der Waals surface area contributed by atoms with Crippen LogP contribution < -0.4 is 10.1 Å². The Hall–Kier alpha value is -2.47. The topological polar surface area (TPSA) is 53.9 Å². The van der Waals surface area contributed by atoms with Gasteiger partial charge in [0.25, 0.3) is 0 Å². The van der Waals surface area contributed by atoms with Gasteiger partial charge in [-0.1, -0.05) is 30.0 Å². The second kappa shape index (κ2) is 10.0. The molecule has 1 fully saturated rings. The molecule has 0 aromatic heterocycles. The summed E-state index contributed by atoms with van der Waals surface area (Å²) < 4.78 is 5.14. The Labute approximate surface area is 164 Å². The van der Waals surface area contributed by atoms with E-state index in [0.717, 1.165) is 35.4 Å². The number of carbonyl (C=O) groups is 1. The first-order valence-corrected chi connectivity index (χ1v) is 10.2. The number of nitrogens with one attached hydrogen (secondary N) is 1. The highest BCUT2D eigenvalue weighted by molar-refractivity contribution is 8.14. The Morgan fingerprint density at radius 1 is 1.07 bits per heavy atom. The zero-order chi connectivity index (χ0) is 18.9. The van der Waals surface area contributed by atoms with Gasteiger partial charge in [-0.15, -0.1) is 0 Å². The first-order chi connectivity index (χ1) is 13.2. The number of anilines is 1. The Morgan fingerprint density at radius 2 is 1.78 bits per heavy atom. The fourth-order valence-corrected chi connectivity index (χ4v) is 3.76. The number of benzene rings is 2. The minimum Gasteiger partial charge on any atom is -0.497 e. The van der Waals surface area contributed by atoms with E-state index < -0.39 is 0 Å². The number of amidine groups is 1. The van der Waals surface area contributed by atoms with E-state index in [-0.39, 0.29) is 5.91 Å². The van der Waals surface area contributed by atoms with Crippen molar-refractivity contribution in [1.29, 1.82) is 0 Å². The van der Waals surface area contributed by atoms with Gasteiger partial charge in [0, 0.05) is 18.8 Å². The number of nitrogens with zero attached hydrogens (tertiary/aromatic N) is 2. The quantitative estimate of drug-likeness (QED) is 0.608. The van der Waals surface area contributed by atoms with Gasteiger partial charge >= 0.3 is 0 Å². The lowest BCUT2D eigenvalue weighted by Crippen LogP contribution is -2.34. The summed E-state index contributed by atoms with van der Waals surface area (Å²) in [5, 5.41) is 3.85. The molecule has 0 aliphatic carbocycles. The van der Waals surface area contributed by atoms with Gasteiger partial charge in [-0.05, 0) is 55.7 Å². The number of hydrogen-bond donors (Lipinski definition) is 1. The van der Waals surface area contributed by atoms with Crippen molar-refractivity contribution in [3.8, 4) is 5.75 Å². The van der Waals surface area contributed by atoms with E-state index in [2.05, 4.69) is 10.2 Å². The molecular weight excluding hydrogens is 358 g/mol. The van der Waals surface area contributed by atoms with E-state index in [1.807, 2.05) is 54.6 Å². The van der Waals surface area contributed by atoms with Gasteiger partial charge in [-0.3, -0.25) is 4.79 Å². The zero-order valence-corrected chi connectivity index (χ0v) is 16.4. The normalized spacial score (nSPS) is 14.7. The Kier molecular flexibility index (Phi) is 7.16. The molecule has 1 aliphatic heterocycles. The van der Waals surface area contributed by atoms with Crippen LogP contribution in [0.1, 0.15) is 19.3 Å². The fourth-order valence-electron chi connectivity index (χ4n) is 2.89. The van der Waals surface area contributed by atoms with Crippen LogP contribution in [0.3, 0.4) is 0 Å². The molecule has 27 heavy (non-hydrogen) atoms. The predicted octanol–water partition coefficient (Wildman–Crippen LogP) is 4.54. The lowest BCUT2D eigenvalue weighted by atomic mass is 10.1. The third-order valence-electron chi connectivity index (χ3n) is 4.31. The average molecular weight is 384 g/mol. The number of rotatable bonds is 5. The van der Waals surface area contributed by atoms with Crippen molar-refractivity contribution >= 4 is 34.2 Å². The second-order valence-electron chi connectivity index (χ2n) is 6.34. The van der Waals surface area contributed by atoms with E-state index in [1.54, 1.807) is 7.11 Å². The molecule has 0 unspecified atom stereocenters. The van der Waals surface area contributed by atoms with E-state index >= 15 is 0 Å². The molecule has 5 nitrogen and oxygen atoms in total. The maximum Gasteiger partial charge on any atom is 0.234 e. The minimum absolute atomic E-state index is 0.0389. The smallest absolute Gasteiger partial charge is 0.234 e. The van der Waals surface area contributed by atoms with Gasteiger partial charge in [-0.2, -0.15) is 0 Å². The van der Waals surface area contributed by atoms with Crippen LogP contribution >= 0.6 is 11.8 Å². The molecule has 0 saturated carbocycles. The van der Waals surface area contributed by atoms with Crippen LogP contribution in [-0.4, -0.2) is 41.9 Å². The first kappa shape index (κ1) is 19.3. The standard InChI is InChI=1S/C21H25N3O2S/c1-26-19-12-10-18(11-13-19)22-20(25)16-27-21(24-14-6-3-7-15-24)23-17-8-4-2-5-9-17/h2,4-5,8-13H,3,6-7,14-16H2,1H3,(H,22,25). The summed E-state index contributed by atoms with van der Waals surface area (Å²) in [6, 6.07) is 17.3. The summed E-state index contributed by atoms with van der Waals surface area (Å²) in [6.07, 6.45) is 3.61. The Bertz CT molecular complexity index is 757. The van der Waals surface area contributed by atoms with Gasteiger partial charge in [0.05, 0.1) is 18.6 Å². The molecule has 142 valence electrons. The monoisotopic (exact) mass is 383 g/mol. The lowest BCUT2D eigenvalue weighted by molar-refractivity contribution is -0.113. The van der Waals surface area contributed by atoms with Crippen LogP contribution in [0.5, 0.6) is 5.75 Å². The van der Waals surface area contributed by atoms with Crippen molar-refractivity contribution in [2.75, 3.05) is 31.3 Å². The second-order valence-corrected chi connectivity index (χ2v) is 7.29. The predicted molar refractivity (Wildman–Crippen MR) is 113 cm³/mol. The molecule has 1 amide bonds. The van der Waals surface area contributed by atoms with Crippen molar-refractivity contribution in [3.63, 3.8) is 0 Å². The number of hydrogen-bond acceptors (Lipinski definition) is 4. The zero-order valence-electron chi connectivity index (χ0n) is 15.6. The van der Waals surface area contributed by atoms with Crippen molar-refractivity contribution in [1.82, 2.24) is 4.90 Å². The minimum atomic E-state index is -0.0389. The van der Waals surface area contributed by atoms with Crippen molar-refractivity contribution in [3.05, 3.63) is 54.6 Å². The number of amides is 1. The molecule has 1 aliphatic rings. The van der Waals surface area contributed by atoms with E-state index in [9.17, 15) is 4.79 Å². The third-order valence-corrected chi connectivity index (χ3v) is 5.33. The summed E-state index contributed by atoms with van der Waals surface area (Å²) in [4.78, 5) is 19.5. The van der Waals surface area contributed by atoms with Gasteiger partial charge in [0.2, 0.25) is 5.91 Å². The summed E-state index contributed by atoms with van der Waals surface area (Å²) in [5.74, 6) is 1.06. The molecule has 1 heterocycles. The third kappa shape index (κ3) is 6.03. The molecular formula is C21H25N3O2S. The van der Waals surface area contributed by atoms with Crippen LogP contribution in [0.15, 0.2) is 59.6 Å². The van der Waals surface area contributed by atoms with Gasteiger partial charge < -0.3 is 15.0 Å². The van der Waals surface area contributed by atoms with Crippen LogP contribution in [0.2, 0.25) is 0 Å². The van der Waals surface area contributed by atoms with Gasteiger partial charge in [0.15, 0.2) is 5.17 Å². The summed E-state index contributed by atoms with van der Waals surface area (Å²) in [5.41, 5.74) is 1.68. The van der Waals surface area contributed by atoms with Gasteiger partial charge in [0.1, 0.15) is 5.75 Å². The van der Waals surface area contributed by atoms with Crippen LogP contribution in [0, 0.1) is 0 Å². The molecule has 2 aromatic carbocycles. The number of para-hydroxylation sites is 1. The van der Waals surface area contributed by atoms with E-state index in [0.29, 0.717) is 5.75 Å². The maximum absolute atomic E-state index is 12.4. The number of ether oxygens (including phenoxy) is 1. The number of likely N-dealkylation sites (tertiary alicyclic amines) is 1. The van der Waals surface area contributed by atoms with Gasteiger partial charge in [-0.25, -0.2) is 4.99 Å². The number of methoxy groups -OCH3 is 1.